The van der Waals surface area contributed by atoms with Gasteiger partial charge >= 0.3 is 0 Å². The number of anilines is 1. The normalized spacial score (nSPS) is 25.9. The van der Waals surface area contributed by atoms with Crippen LogP contribution in [-0.2, 0) is 4.74 Å². The molecule has 0 saturated heterocycles. The second-order valence-electron chi connectivity index (χ2n) is 4.50. The van der Waals surface area contributed by atoms with E-state index >= 15 is 0 Å². The largest absolute Gasteiger partial charge is 0.495 e. The summed E-state index contributed by atoms with van der Waals surface area (Å²) in [5.74, 6) is 0.756. The molecule has 2 rings (SSSR count). The number of nitrogens with one attached hydrogen (secondary N) is 1. The molecule has 1 aromatic carbocycles. The van der Waals surface area contributed by atoms with E-state index in [0.717, 1.165) is 24.3 Å². The maximum absolute atomic E-state index is 9.34. The number of hydrogen-bond donors (Lipinski definition) is 1. The fourth-order valence-corrected chi connectivity index (χ4v) is 2.30. The van der Waals surface area contributed by atoms with Gasteiger partial charge in [-0.05, 0) is 19.1 Å². The van der Waals surface area contributed by atoms with Crippen molar-refractivity contribution in [1.82, 2.24) is 0 Å². The van der Waals surface area contributed by atoms with Crippen molar-refractivity contribution in [3.05, 3.63) is 24.3 Å². The van der Waals surface area contributed by atoms with Gasteiger partial charge in [0.2, 0.25) is 0 Å². The molecule has 0 bridgehead atoms. The summed E-state index contributed by atoms with van der Waals surface area (Å²) < 4.78 is 10.8. The average molecular weight is 246 g/mol. The van der Waals surface area contributed by atoms with Crippen molar-refractivity contribution in [2.24, 2.45) is 0 Å². The molecule has 0 aliphatic heterocycles. The van der Waals surface area contributed by atoms with E-state index in [-0.39, 0.29) is 6.10 Å². The molecule has 1 aromatic rings. The van der Waals surface area contributed by atoms with Gasteiger partial charge in [-0.15, -0.1) is 0 Å². The van der Waals surface area contributed by atoms with Gasteiger partial charge in [0.1, 0.15) is 11.3 Å². The number of ether oxygens (including phenoxy) is 2. The number of hydrogen-bond acceptors (Lipinski definition) is 4. The lowest BCUT2D eigenvalue weighted by molar-refractivity contribution is -0.0142. The summed E-state index contributed by atoms with van der Waals surface area (Å²) in [7, 11) is 1.63. The third-order valence-electron chi connectivity index (χ3n) is 3.25. The van der Waals surface area contributed by atoms with Gasteiger partial charge in [0, 0.05) is 19.4 Å². The van der Waals surface area contributed by atoms with E-state index in [1.807, 2.05) is 31.2 Å². The molecule has 1 aliphatic rings. The molecule has 1 aliphatic carbocycles. The number of para-hydroxylation sites is 2. The molecule has 1 fully saturated rings. The smallest absolute Gasteiger partial charge is 0.141 e. The number of methoxy groups -OCH3 is 1. The minimum absolute atomic E-state index is 0.192. The Morgan fingerprint density at radius 3 is 2.78 bits per heavy atom. The van der Waals surface area contributed by atoms with Gasteiger partial charge < -0.3 is 14.8 Å². The third-order valence-corrected chi connectivity index (χ3v) is 3.25. The fourth-order valence-electron chi connectivity index (χ4n) is 2.30. The Morgan fingerprint density at radius 1 is 1.44 bits per heavy atom. The maximum Gasteiger partial charge on any atom is 0.141 e. The molecule has 0 atom stereocenters. The first-order valence-corrected chi connectivity index (χ1v) is 6.17. The molecule has 96 valence electrons. The molecule has 0 aromatic heterocycles. The van der Waals surface area contributed by atoms with E-state index in [9.17, 15) is 5.26 Å². The zero-order chi connectivity index (χ0) is 13.0. The van der Waals surface area contributed by atoms with E-state index in [1.54, 1.807) is 7.11 Å². The highest BCUT2D eigenvalue weighted by molar-refractivity contribution is 5.59. The number of rotatable bonds is 5. The highest BCUT2D eigenvalue weighted by Crippen LogP contribution is 2.39. The second-order valence-corrected chi connectivity index (χ2v) is 4.50. The molecular weight excluding hydrogens is 228 g/mol. The molecule has 1 N–H and O–H groups in total. The molecule has 1 saturated carbocycles. The summed E-state index contributed by atoms with van der Waals surface area (Å²) in [6.07, 6.45) is 1.63. The Kier molecular flexibility index (Phi) is 3.73. The molecule has 0 heterocycles. The maximum atomic E-state index is 9.34. The molecule has 4 heteroatoms. The number of nitriles is 1. The fraction of sp³-hybridized carbons (Fsp3) is 0.500. The van der Waals surface area contributed by atoms with Gasteiger partial charge in [0.25, 0.3) is 0 Å². The van der Waals surface area contributed by atoms with E-state index in [2.05, 4.69) is 11.4 Å². The van der Waals surface area contributed by atoms with Crippen LogP contribution < -0.4 is 10.1 Å². The Balaban J connectivity index is 2.06. The summed E-state index contributed by atoms with van der Waals surface area (Å²) in [5.41, 5.74) is 0.338. The van der Waals surface area contributed by atoms with Gasteiger partial charge in [-0.25, -0.2) is 0 Å². The van der Waals surface area contributed by atoms with Crippen LogP contribution in [0.25, 0.3) is 0 Å². The first-order chi connectivity index (χ1) is 8.73. The summed E-state index contributed by atoms with van der Waals surface area (Å²) in [6.45, 7) is 2.67. The van der Waals surface area contributed by atoms with Crippen LogP contribution in [0.1, 0.15) is 19.8 Å². The summed E-state index contributed by atoms with van der Waals surface area (Å²) in [4.78, 5) is 0. The summed E-state index contributed by atoms with van der Waals surface area (Å²) in [5, 5.41) is 12.6. The summed E-state index contributed by atoms with van der Waals surface area (Å²) >= 11 is 0. The number of nitrogens with zero attached hydrogens (tertiary/aromatic N) is 1. The van der Waals surface area contributed by atoms with Crippen molar-refractivity contribution in [2.75, 3.05) is 19.0 Å². The minimum atomic E-state index is -0.519. The van der Waals surface area contributed by atoms with E-state index in [0.29, 0.717) is 6.61 Å². The molecular formula is C14H18N2O2. The Morgan fingerprint density at radius 2 is 2.17 bits per heavy atom. The van der Waals surface area contributed by atoms with E-state index < -0.39 is 5.54 Å². The Hall–Kier alpha value is -1.73. The van der Waals surface area contributed by atoms with E-state index in [1.165, 1.54) is 0 Å². The molecule has 0 spiro atoms. The quantitative estimate of drug-likeness (QED) is 0.867. The Labute approximate surface area is 108 Å². The van der Waals surface area contributed by atoms with Gasteiger partial charge in [-0.1, -0.05) is 12.1 Å². The summed E-state index contributed by atoms with van der Waals surface area (Å²) in [6, 6.07) is 9.99. The molecule has 4 nitrogen and oxygen atoms in total. The monoisotopic (exact) mass is 246 g/mol. The predicted octanol–water partition coefficient (Wildman–Crippen LogP) is 2.57. The van der Waals surface area contributed by atoms with Crippen LogP contribution in [0.5, 0.6) is 5.75 Å². The average Bonchev–Trinajstić information content (AvgIpc) is 2.36. The SMILES string of the molecule is CCOC1CC(C#N)(Nc2ccccc2OC)C1. The lowest BCUT2D eigenvalue weighted by Crippen LogP contribution is -2.53. The van der Waals surface area contributed by atoms with E-state index in [4.69, 9.17) is 9.47 Å². The third kappa shape index (κ3) is 2.41. The zero-order valence-corrected chi connectivity index (χ0v) is 10.8. The standard InChI is InChI=1S/C14H18N2O2/c1-3-18-11-8-14(9-11,10-15)16-12-6-4-5-7-13(12)17-2/h4-7,11,16H,3,8-9H2,1-2H3. The van der Waals surface area contributed by atoms with Crippen molar-refractivity contribution in [1.29, 1.82) is 5.26 Å². The predicted molar refractivity (Wildman–Crippen MR) is 69.6 cm³/mol. The van der Waals surface area contributed by atoms with Crippen LogP contribution in [-0.4, -0.2) is 25.4 Å². The first-order valence-electron chi connectivity index (χ1n) is 6.17. The van der Waals surface area contributed by atoms with Crippen molar-refractivity contribution in [2.45, 2.75) is 31.4 Å². The van der Waals surface area contributed by atoms with Crippen molar-refractivity contribution < 1.29 is 9.47 Å². The molecule has 18 heavy (non-hydrogen) atoms. The lowest BCUT2D eigenvalue weighted by atomic mass is 9.75. The highest BCUT2D eigenvalue weighted by atomic mass is 16.5. The van der Waals surface area contributed by atoms with Crippen LogP contribution in [0.2, 0.25) is 0 Å². The second kappa shape index (κ2) is 5.28. The van der Waals surface area contributed by atoms with Gasteiger partial charge in [-0.3, -0.25) is 0 Å². The van der Waals surface area contributed by atoms with Crippen LogP contribution >= 0.6 is 0 Å². The van der Waals surface area contributed by atoms with Crippen molar-refractivity contribution >= 4 is 5.69 Å². The topological polar surface area (TPSA) is 54.3 Å². The van der Waals surface area contributed by atoms with Crippen molar-refractivity contribution in [3.8, 4) is 11.8 Å². The molecule has 0 unspecified atom stereocenters. The first kappa shape index (κ1) is 12.7. The van der Waals surface area contributed by atoms with Crippen LogP contribution in [0, 0.1) is 11.3 Å². The van der Waals surface area contributed by atoms with Gasteiger partial charge in [-0.2, -0.15) is 5.26 Å². The zero-order valence-electron chi connectivity index (χ0n) is 10.8. The molecule has 0 radical (unpaired) electrons. The Bertz CT molecular complexity index is 447. The van der Waals surface area contributed by atoms with Crippen molar-refractivity contribution in [3.63, 3.8) is 0 Å². The van der Waals surface area contributed by atoms with Crippen LogP contribution in [0.4, 0.5) is 5.69 Å². The van der Waals surface area contributed by atoms with Gasteiger partial charge in [0.05, 0.1) is 25.0 Å². The van der Waals surface area contributed by atoms with Gasteiger partial charge in [0.15, 0.2) is 0 Å². The van der Waals surface area contributed by atoms with Crippen LogP contribution in [0.15, 0.2) is 24.3 Å². The van der Waals surface area contributed by atoms with Crippen LogP contribution in [0.3, 0.4) is 0 Å². The molecule has 0 amide bonds. The highest BCUT2D eigenvalue weighted by Gasteiger charge is 2.45. The minimum Gasteiger partial charge on any atom is -0.495 e. The number of benzene rings is 1. The lowest BCUT2D eigenvalue weighted by Gasteiger charge is -2.43.